The van der Waals surface area contributed by atoms with Gasteiger partial charge < -0.3 is 4.90 Å². The van der Waals surface area contributed by atoms with Crippen LogP contribution in [0.2, 0.25) is 5.02 Å². The molecule has 100 valence electrons. The predicted molar refractivity (Wildman–Crippen MR) is 79.1 cm³/mol. The summed E-state index contributed by atoms with van der Waals surface area (Å²) in [5.74, 6) is -0.602. The molecule has 1 aliphatic rings. The average molecular weight is 288 g/mol. The van der Waals surface area contributed by atoms with E-state index in [9.17, 15) is 9.18 Å². The Morgan fingerprint density at radius 3 is 2.65 bits per heavy atom. The van der Waals surface area contributed by atoms with Crippen LogP contribution in [-0.4, -0.2) is 13.0 Å². The number of carbonyl (C=O) groups is 1. The molecule has 2 nitrogen and oxygen atoms in total. The fraction of sp³-hybridized carbons (Fsp3) is 0.0625. The molecule has 0 N–H and O–H groups in total. The molecule has 0 radical (unpaired) electrons. The van der Waals surface area contributed by atoms with Gasteiger partial charge in [0.05, 0.1) is 10.7 Å². The van der Waals surface area contributed by atoms with Crippen molar-refractivity contribution < 1.29 is 9.18 Å². The number of hydrogen-bond acceptors (Lipinski definition) is 1. The van der Waals surface area contributed by atoms with Crippen molar-refractivity contribution >= 4 is 34.8 Å². The Morgan fingerprint density at radius 2 is 1.90 bits per heavy atom. The van der Waals surface area contributed by atoms with Crippen molar-refractivity contribution in [1.82, 2.24) is 0 Å². The highest BCUT2D eigenvalue weighted by Crippen LogP contribution is 2.37. The second kappa shape index (κ2) is 4.76. The maximum absolute atomic E-state index is 13.9. The first-order chi connectivity index (χ1) is 9.59. The first-order valence-corrected chi connectivity index (χ1v) is 6.50. The number of para-hydroxylation sites is 1. The molecule has 2 aromatic carbocycles. The van der Waals surface area contributed by atoms with E-state index in [-0.39, 0.29) is 16.5 Å². The standard InChI is InChI=1S/C16H11ClFNO/c1-19-15-8-3-2-5-10(15)11(16(19)20)9-12-13(17)6-4-7-14(12)18/h2-9H,1H3. The summed E-state index contributed by atoms with van der Waals surface area (Å²) in [6.07, 6.45) is 1.52. The summed E-state index contributed by atoms with van der Waals surface area (Å²) in [5.41, 5.74) is 2.30. The molecule has 0 unspecified atom stereocenters. The van der Waals surface area contributed by atoms with E-state index in [1.807, 2.05) is 24.3 Å². The molecular weight excluding hydrogens is 277 g/mol. The minimum absolute atomic E-state index is 0.162. The third kappa shape index (κ3) is 1.91. The molecule has 0 saturated heterocycles. The second-order valence-corrected chi connectivity index (χ2v) is 4.98. The Bertz CT molecular complexity index is 719. The smallest absolute Gasteiger partial charge is 0.258 e. The summed E-state index contributed by atoms with van der Waals surface area (Å²) >= 11 is 6.01. The van der Waals surface area contributed by atoms with Crippen molar-refractivity contribution in [3.05, 3.63) is 64.4 Å². The summed E-state index contributed by atoms with van der Waals surface area (Å²) < 4.78 is 13.9. The number of hydrogen-bond donors (Lipinski definition) is 0. The lowest BCUT2D eigenvalue weighted by atomic mass is 10.0. The van der Waals surface area contributed by atoms with Crippen molar-refractivity contribution in [2.75, 3.05) is 11.9 Å². The van der Waals surface area contributed by atoms with Gasteiger partial charge in [0, 0.05) is 23.7 Å². The summed E-state index contributed by atoms with van der Waals surface area (Å²) in [7, 11) is 1.70. The second-order valence-electron chi connectivity index (χ2n) is 4.57. The maximum Gasteiger partial charge on any atom is 0.258 e. The van der Waals surface area contributed by atoms with Crippen LogP contribution in [0.25, 0.3) is 11.6 Å². The predicted octanol–water partition coefficient (Wildman–Crippen LogP) is 4.00. The fourth-order valence-electron chi connectivity index (χ4n) is 2.33. The number of rotatable bonds is 1. The molecule has 0 fully saturated rings. The SMILES string of the molecule is CN1C(=O)C(=Cc2c(F)cccc2Cl)c2ccccc21. The summed E-state index contributed by atoms with van der Waals surface area (Å²) in [4.78, 5) is 13.8. The molecule has 0 aliphatic carbocycles. The van der Waals surface area contributed by atoms with Crippen LogP contribution in [0.1, 0.15) is 11.1 Å². The Morgan fingerprint density at radius 1 is 1.15 bits per heavy atom. The van der Waals surface area contributed by atoms with E-state index < -0.39 is 5.82 Å². The third-order valence-corrected chi connectivity index (χ3v) is 3.71. The summed E-state index contributed by atoms with van der Waals surface area (Å²) in [6, 6.07) is 11.9. The summed E-state index contributed by atoms with van der Waals surface area (Å²) in [6.45, 7) is 0. The lowest BCUT2D eigenvalue weighted by molar-refractivity contribution is -0.112. The van der Waals surface area contributed by atoms with E-state index in [1.54, 1.807) is 18.0 Å². The Hall–Kier alpha value is -2.13. The van der Waals surface area contributed by atoms with Crippen molar-refractivity contribution in [2.45, 2.75) is 0 Å². The van der Waals surface area contributed by atoms with Gasteiger partial charge in [-0.3, -0.25) is 4.79 Å². The number of likely N-dealkylation sites (N-methyl/N-ethyl adjacent to an activating group) is 1. The van der Waals surface area contributed by atoms with Gasteiger partial charge in [-0.2, -0.15) is 0 Å². The first-order valence-electron chi connectivity index (χ1n) is 6.13. The molecule has 0 saturated carbocycles. The molecule has 2 aromatic rings. The summed E-state index contributed by atoms with van der Waals surface area (Å²) in [5, 5.41) is 0.289. The van der Waals surface area contributed by atoms with E-state index >= 15 is 0 Å². The van der Waals surface area contributed by atoms with Gasteiger partial charge in [-0.05, 0) is 24.3 Å². The van der Waals surface area contributed by atoms with E-state index in [2.05, 4.69) is 0 Å². The molecule has 0 spiro atoms. The van der Waals surface area contributed by atoms with Crippen LogP contribution in [-0.2, 0) is 4.79 Å². The zero-order valence-corrected chi connectivity index (χ0v) is 11.5. The quantitative estimate of drug-likeness (QED) is 0.726. The molecule has 0 bridgehead atoms. The fourth-order valence-corrected chi connectivity index (χ4v) is 2.55. The van der Waals surface area contributed by atoms with Crippen molar-refractivity contribution in [1.29, 1.82) is 0 Å². The highest BCUT2D eigenvalue weighted by atomic mass is 35.5. The number of halogens is 2. The lowest BCUT2D eigenvalue weighted by Crippen LogP contribution is -2.20. The van der Waals surface area contributed by atoms with Crippen molar-refractivity contribution in [3.63, 3.8) is 0 Å². The molecule has 1 heterocycles. The van der Waals surface area contributed by atoms with E-state index in [0.29, 0.717) is 5.57 Å². The zero-order chi connectivity index (χ0) is 14.3. The maximum atomic E-state index is 13.9. The zero-order valence-electron chi connectivity index (χ0n) is 10.7. The molecule has 20 heavy (non-hydrogen) atoms. The first kappa shape index (κ1) is 12.9. The van der Waals surface area contributed by atoms with Gasteiger partial charge in [0.1, 0.15) is 5.82 Å². The number of amides is 1. The van der Waals surface area contributed by atoms with Gasteiger partial charge in [0.2, 0.25) is 0 Å². The molecule has 4 heteroatoms. The number of carbonyl (C=O) groups excluding carboxylic acids is 1. The Labute approximate surface area is 121 Å². The number of benzene rings is 2. The Balaban J connectivity index is 2.20. The largest absolute Gasteiger partial charge is 0.311 e. The normalized spacial score (nSPS) is 15.8. The van der Waals surface area contributed by atoms with Gasteiger partial charge in [-0.15, -0.1) is 0 Å². The van der Waals surface area contributed by atoms with Crippen LogP contribution in [0, 0.1) is 5.82 Å². The average Bonchev–Trinajstić information content (AvgIpc) is 2.68. The highest BCUT2D eigenvalue weighted by Gasteiger charge is 2.29. The van der Waals surface area contributed by atoms with E-state index in [4.69, 9.17) is 11.6 Å². The number of nitrogens with zero attached hydrogens (tertiary/aromatic N) is 1. The van der Waals surface area contributed by atoms with Crippen LogP contribution in [0.4, 0.5) is 10.1 Å². The number of fused-ring (bicyclic) bond motifs is 1. The lowest BCUT2D eigenvalue weighted by Gasteiger charge is -2.08. The van der Waals surface area contributed by atoms with Gasteiger partial charge in [0.15, 0.2) is 0 Å². The third-order valence-electron chi connectivity index (χ3n) is 3.38. The molecule has 0 atom stereocenters. The molecule has 1 aliphatic heterocycles. The van der Waals surface area contributed by atoms with Gasteiger partial charge in [-0.25, -0.2) is 4.39 Å². The molecule has 0 aromatic heterocycles. The van der Waals surface area contributed by atoms with E-state index in [1.165, 1.54) is 18.2 Å². The molecule has 1 amide bonds. The monoisotopic (exact) mass is 287 g/mol. The number of anilines is 1. The van der Waals surface area contributed by atoms with Crippen LogP contribution >= 0.6 is 11.6 Å². The topological polar surface area (TPSA) is 20.3 Å². The van der Waals surface area contributed by atoms with Crippen LogP contribution < -0.4 is 4.90 Å². The minimum Gasteiger partial charge on any atom is -0.311 e. The Kier molecular flexibility index (Phi) is 3.07. The molecular formula is C16H11ClFNO. The van der Waals surface area contributed by atoms with Gasteiger partial charge in [0.25, 0.3) is 5.91 Å². The van der Waals surface area contributed by atoms with E-state index in [0.717, 1.165) is 11.3 Å². The van der Waals surface area contributed by atoms with Crippen LogP contribution in [0.5, 0.6) is 0 Å². The minimum atomic E-state index is -0.440. The molecule has 3 rings (SSSR count). The van der Waals surface area contributed by atoms with Crippen molar-refractivity contribution in [3.8, 4) is 0 Å². The van der Waals surface area contributed by atoms with Gasteiger partial charge >= 0.3 is 0 Å². The van der Waals surface area contributed by atoms with Crippen LogP contribution in [0.15, 0.2) is 42.5 Å². The van der Waals surface area contributed by atoms with Crippen LogP contribution in [0.3, 0.4) is 0 Å². The van der Waals surface area contributed by atoms with Crippen molar-refractivity contribution in [2.24, 2.45) is 0 Å². The highest BCUT2D eigenvalue weighted by molar-refractivity contribution is 6.37. The van der Waals surface area contributed by atoms with Gasteiger partial charge in [-0.1, -0.05) is 35.9 Å².